The van der Waals surface area contributed by atoms with Crippen LogP contribution in [0.25, 0.3) is 0 Å². The first-order valence-corrected chi connectivity index (χ1v) is 7.69. The zero-order chi connectivity index (χ0) is 14.8. The van der Waals surface area contributed by atoms with E-state index in [1.807, 2.05) is 6.92 Å². The van der Waals surface area contributed by atoms with Crippen LogP contribution in [0.3, 0.4) is 0 Å². The summed E-state index contributed by atoms with van der Waals surface area (Å²) in [6.07, 6.45) is 3.57. The minimum absolute atomic E-state index is 0.0117. The predicted molar refractivity (Wildman–Crippen MR) is 85.8 cm³/mol. The highest BCUT2D eigenvalue weighted by Gasteiger charge is 2.15. The molecule has 0 aliphatic heterocycles. The number of aryl methyl sites for hydroxylation is 2. The first-order valence-electron chi connectivity index (χ1n) is 7.31. The van der Waals surface area contributed by atoms with Crippen molar-refractivity contribution in [3.63, 3.8) is 0 Å². The van der Waals surface area contributed by atoms with Crippen LogP contribution in [0.2, 0.25) is 5.02 Å². The molecule has 3 rings (SSSR count). The molecule has 1 unspecified atom stereocenters. The summed E-state index contributed by atoms with van der Waals surface area (Å²) in [5.41, 5.74) is 4.63. The fourth-order valence-corrected chi connectivity index (χ4v) is 3.04. The van der Waals surface area contributed by atoms with Crippen molar-refractivity contribution in [1.29, 1.82) is 0 Å². The Hall–Kier alpha value is -1.80. The lowest BCUT2D eigenvalue weighted by atomic mass is 10.0. The Labute approximate surface area is 130 Å². The largest absolute Gasteiger partial charge is 0.346 e. The number of hydrogen-bond donors (Lipinski definition) is 1. The van der Waals surface area contributed by atoms with Gasteiger partial charge in [0.1, 0.15) is 0 Å². The number of benzene rings is 2. The summed E-state index contributed by atoms with van der Waals surface area (Å²) in [6.45, 7) is 2.01. The standard InChI is InChI=1S/C18H18ClNO/c1-12(14-9-8-13-4-2-5-15(13)10-14)20-18(21)16-6-3-7-17(19)11-16/h3,6-12H,2,4-5H2,1H3,(H,20,21). The number of carbonyl (C=O) groups excluding carboxylic acids is 1. The maximum absolute atomic E-state index is 12.2. The smallest absolute Gasteiger partial charge is 0.251 e. The monoisotopic (exact) mass is 299 g/mol. The number of nitrogens with one attached hydrogen (secondary N) is 1. The zero-order valence-corrected chi connectivity index (χ0v) is 12.8. The van der Waals surface area contributed by atoms with E-state index in [9.17, 15) is 4.79 Å². The molecule has 2 aromatic carbocycles. The van der Waals surface area contributed by atoms with Crippen molar-refractivity contribution in [2.24, 2.45) is 0 Å². The average Bonchev–Trinajstić information content (AvgIpc) is 2.94. The van der Waals surface area contributed by atoms with Gasteiger partial charge in [-0.1, -0.05) is 35.9 Å². The van der Waals surface area contributed by atoms with E-state index in [-0.39, 0.29) is 11.9 Å². The second kappa shape index (κ2) is 5.90. The highest BCUT2D eigenvalue weighted by atomic mass is 35.5. The van der Waals surface area contributed by atoms with E-state index >= 15 is 0 Å². The van der Waals surface area contributed by atoms with Crippen LogP contribution in [-0.4, -0.2) is 5.91 Å². The quantitative estimate of drug-likeness (QED) is 0.898. The van der Waals surface area contributed by atoms with Crippen LogP contribution in [0, 0.1) is 0 Å². The molecule has 2 nitrogen and oxygen atoms in total. The van der Waals surface area contributed by atoms with Gasteiger partial charge in [0.2, 0.25) is 0 Å². The topological polar surface area (TPSA) is 29.1 Å². The number of carbonyl (C=O) groups is 1. The minimum Gasteiger partial charge on any atom is -0.346 e. The molecule has 0 heterocycles. The summed E-state index contributed by atoms with van der Waals surface area (Å²) in [7, 11) is 0. The van der Waals surface area contributed by atoms with Gasteiger partial charge in [-0.3, -0.25) is 4.79 Å². The lowest BCUT2D eigenvalue weighted by Crippen LogP contribution is -2.26. The second-order valence-electron chi connectivity index (χ2n) is 5.59. The molecule has 1 N–H and O–H groups in total. The van der Waals surface area contributed by atoms with Gasteiger partial charge < -0.3 is 5.32 Å². The maximum atomic E-state index is 12.2. The van der Waals surface area contributed by atoms with E-state index < -0.39 is 0 Å². The van der Waals surface area contributed by atoms with Gasteiger partial charge in [-0.05, 0) is 61.1 Å². The van der Waals surface area contributed by atoms with E-state index in [4.69, 9.17) is 11.6 Å². The third kappa shape index (κ3) is 3.11. The van der Waals surface area contributed by atoms with Crippen molar-refractivity contribution in [2.45, 2.75) is 32.2 Å². The molecular formula is C18H18ClNO. The summed E-state index contributed by atoms with van der Waals surface area (Å²) in [5.74, 6) is -0.0921. The fraction of sp³-hybridized carbons (Fsp3) is 0.278. The van der Waals surface area contributed by atoms with Crippen molar-refractivity contribution in [3.05, 3.63) is 69.7 Å². The van der Waals surface area contributed by atoms with E-state index in [1.165, 1.54) is 24.0 Å². The molecule has 0 radical (unpaired) electrons. The van der Waals surface area contributed by atoms with Crippen molar-refractivity contribution >= 4 is 17.5 Å². The normalized spacial score (nSPS) is 14.6. The van der Waals surface area contributed by atoms with Crippen LogP contribution >= 0.6 is 11.6 Å². The first-order chi connectivity index (χ1) is 10.1. The fourth-order valence-electron chi connectivity index (χ4n) is 2.85. The Morgan fingerprint density at radius 1 is 1.14 bits per heavy atom. The lowest BCUT2D eigenvalue weighted by molar-refractivity contribution is 0.0940. The van der Waals surface area contributed by atoms with Gasteiger partial charge in [0, 0.05) is 10.6 Å². The molecule has 0 spiro atoms. The Kier molecular flexibility index (Phi) is 3.98. The third-order valence-corrected chi connectivity index (χ3v) is 4.29. The molecule has 108 valence electrons. The number of halogens is 1. The average molecular weight is 300 g/mol. The number of hydrogen-bond acceptors (Lipinski definition) is 1. The van der Waals surface area contributed by atoms with Crippen LogP contribution < -0.4 is 5.32 Å². The highest BCUT2D eigenvalue weighted by Crippen LogP contribution is 2.25. The van der Waals surface area contributed by atoms with Crippen LogP contribution in [0.15, 0.2) is 42.5 Å². The Morgan fingerprint density at radius 2 is 1.95 bits per heavy atom. The van der Waals surface area contributed by atoms with Gasteiger partial charge in [-0.2, -0.15) is 0 Å². The van der Waals surface area contributed by atoms with Gasteiger partial charge in [-0.15, -0.1) is 0 Å². The summed E-state index contributed by atoms with van der Waals surface area (Å²) < 4.78 is 0. The minimum atomic E-state index is -0.0921. The Balaban J connectivity index is 1.74. The van der Waals surface area contributed by atoms with Crippen LogP contribution in [0.4, 0.5) is 0 Å². The molecule has 2 aromatic rings. The van der Waals surface area contributed by atoms with Crippen LogP contribution in [0.1, 0.15) is 46.4 Å². The molecule has 0 aromatic heterocycles. The SMILES string of the molecule is CC(NC(=O)c1cccc(Cl)c1)c1ccc2c(c1)CCC2. The summed E-state index contributed by atoms with van der Waals surface area (Å²) in [4.78, 5) is 12.2. The first kappa shape index (κ1) is 14.2. The zero-order valence-electron chi connectivity index (χ0n) is 12.0. The summed E-state index contributed by atoms with van der Waals surface area (Å²) in [5, 5.41) is 3.61. The van der Waals surface area contributed by atoms with Gasteiger partial charge in [0.25, 0.3) is 5.91 Å². The number of rotatable bonds is 3. The molecule has 1 aliphatic carbocycles. The molecule has 21 heavy (non-hydrogen) atoms. The van der Waals surface area contributed by atoms with Crippen molar-refractivity contribution < 1.29 is 4.79 Å². The molecule has 0 saturated carbocycles. The van der Waals surface area contributed by atoms with E-state index in [2.05, 4.69) is 23.5 Å². The van der Waals surface area contributed by atoms with Gasteiger partial charge in [0.15, 0.2) is 0 Å². The predicted octanol–water partition coefficient (Wildman–Crippen LogP) is 4.32. The summed E-state index contributed by atoms with van der Waals surface area (Å²) in [6, 6.07) is 13.5. The molecule has 0 fully saturated rings. The van der Waals surface area contributed by atoms with Crippen molar-refractivity contribution in [1.82, 2.24) is 5.32 Å². The molecule has 3 heteroatoms. The van der Waals surface area contributed by atoms with Gasteiger partial charge >= 0.3 is 0 Å². The lowest BCUT2D eigenvalue weighted by Gasteiger charge is -2.16. The maximum Gasteiger partial charge on any atom is 0.251 e. The van der Waals surface area contributed by atoms with E-state index in [1.54, 1.807) is 24.3 Å². The highest BCUT2D eigenvalue weighted by molar-refractivity contribution is 6.30. The van der Waals surface area contributed by atoms with Crippen molar-refractivity contribution in [2.75, 3.05) is 0 Å². The molecule has 0 bridgehead atoms. The van der Waals surface area contributed by atoms with E-state index in [0.29, 0.717) is 10.6 Å². The van der Waals surface area contributed by atoms with Gasteiger partial charge in [-0.25, -0.2) is 0 Å². The molecule has 1 aliphatic rings. The Bertz CT molecular complexity index is 681. The second-order valence-corrected chi connectivity index (χ2v) is 6.02. The summed E-state index contributed by atoms with van der Waals surface area (Å²) >= 11 is 5.93. The van der Waals surface area contributed by atoms with E-state index in [0.717, 1.165) is 12.0 Å². The molecule has 1 amide bonds. The third-order valence-electron chi connectivity index (χ3n) is 4.06. The molecular weight excluding hydrogens is 282 g/mol. The molecule has 0 saturated heterocycles. The van der Waals surface area contributed by atoms with Crippen LogP contribution in [-0.2, 0) is 12.8 Å². The number of fused-ring (bicyclic) bond motifs is 1. The van der Waals surface area contributed by atoms with Crippen molar-refractivity contribution in [3.8, 4) is 0 Å². The number of amides is 1. The van der Waals surface area contributed by atoms with Crippen LogP contribution in [0.5, 0.6) is 0 Å². The molecule has 1 atom stereocenters. The van der Waals surface area contributed by atoms with Gasteiger partial charge in [0.05, 0.1) is 6.04 Å². The Morgan fingerprint density at radius 3 is 2.76 bits per heavy atom.